The summed E-state index contributed by atoms with van der Waals surface area (Å²) in [5.74, 6) is -0.462. The van der Waals surface area contributed by atoms with Crippen molar-refractivity contribution in [1.29, 1.82) is 0 Å². The number of anilines is 2. The fourth-order valence-electron chi connectivity index (χ4n) is 1.64. The molecule has 0 aliphatic rings. The number of hydrogen-bond donors (Lipinski definition) is 2. The number of benzene rings is 1. The second kappa shape index (κ2) is 5.76. The first-order valence-corrected chi connectivity index (χ1v) is 8.46. The Hall–Kier alpha value is -1.67. The summed E-state index contributed by atoms with van der Waals surface area (Å²) in [5.41, 5.74) is 6.47. The SMILES string of the molecule is CCCS(=O)(=O)Nc1nc(-c2ccc(N)cc2F)cs1. The van der Waals surface area contributed by atoms with E-state index in [1.165, 1.54) is 12.1 Å². The molecular weight excluding hydrogens is 301 g/mol. The molecule has 20 heavy (non-hydrogen) atoms. The zero-order valence-corrected chi connectivity index (χ0v) is 12.4. The number of hydrogen-bond acceptors (Lipinski definition) is 5. The third-order valence-electron chi connectivity index (χ3n) is 2.49. The summed E-state index contributed by atoms with van der Waals surface area (Å²) in [6.07, 6.45) is 0.514. The maximum Gasteiger partial charge on any atom is 0.234 e. The molecule has 0 atom stereocenters. The van der Waals surface area contributed by atoms with Gasteiger partial charge in [-0.1, -0.05) is 6.92 Å². The molecule has 0 aliphatic heterocycles. The molecule has 0 saturated carbocycles. The normalized spacial score (nSPS) is 11.5. The van der Waals surface area contributed by atoms with Gasteiger partial charge in [-0.3, -0.25) is 4.72 Å². The van der Waals surface area contributed by atoms with Gasteiger partial charge in [-0.15, -0.1) is 11.3 Å². The van der Waals surface area contributed by atoms with Gasteiger partial charge >= 0.3 is 0 Å². The number of rotatable bonds is 5. The lowest BCUT2D eigenvalue weighted by molar-refractivity contribution is 0.600. The highest BCUT2D eigenvalue weighted by atomic mass is 32.2. The van der Waals surface area contributed by atoms with Crippen molar-refractivity contribution in [3.63, 3.8) is 0 Å². The Balaban J connectivity index is 2.25. The van der Waals surface area contributed by atoms with E-state index in [4.69, 9.17) is 5.73 Å². The number of thiazole rings is 1. The van der Waals surface area contributed by atoms with Gasteiger partial charge in [0.15, 0.2) is 5.13 Å². The molecule has 108 valence electrons. The van der Waals surface area contributed by atoms with Crippen LogP contribution in [0.25, 0.3) is 11.3 Å². The van der Waals surface area contributed by atoms with Crippen molar-refractivity contribution >= 4 is 32.2 Å². The molecular formula is C12H14FN3O2S2. The van der Waals surface area contributed by atoms with Crippen molar-refractivity contribution in [1.82, 2.24) is 4.98 Å². The first-order chi connectivity index (χ1) is 9.41. The summed E-state index contributed by atoms with van der Waals surface area (Å²) < 4.78 is 39.4. The number of nitrogen functional groups attached to an aromatic ring is 1. The topological polar surface area (TPSA) is 85.1 Å². The lowest BCUT2D eigenvalue weighted by Gasteiger charge is -2.03. The van der Waals surface area contributed by atoms with Crippen molar-refractivity contribution in [3.8, 4) is 11.3 Å². The monoisotopic (exact) mass is 315 g/mol. The van der Waals surface area contributed by atoms with Crippen LogP contribution in [0, 0.1) is 5.82 Å². The molecule has 1 heterocycles. The summed E-state index contributed by atoms with van der Waals surface area (Å²) in [5, 5.41) is 1.82. The molecule has 2 aromatic rings. The van der Waals surface area contributed by atoms with Gasteiger partial charge in [0.25, 0.3) is 0 Å². The highest BCUT2D eigenvalue weighted by Crippen LogP contribution is 2.28. The summed E-state index contributed by atoms with van der Waals surface area (Å²) in [4.78, 5) is 4.09. The van der Waals surface area contributed by atoms with Crippen molar-refractivity contribution in [3.05, 3.63) is 29.4 Å². The van der Waals surface area contributed by atoms with Crippen molar-refractivity contribution in [2.24, 2.45) is 0 Å². The second-order valence-electron chi connectivity index (χ2n) is 4.20. The van der Waals surface area contributed by atoms with Gasteiger partial charge in [-0.05, 0) is 24.6 Å². The number of nitrogens with one attached hydrogen (secondary N) is 1. The summed E-state index contributed by atoms with van der Waals surface area (Å²) in [6.45, 7) is 1.77. The molecule has 1 aromatic carbocycles. The first kappa shape index (κ1) is 14.7. The van der Waals surface area contributed by atoms with Crippen molar-refractivity contribution in [2.45, 2.75) is 13.3 Å². The highest BCUT2D eigenvalue weighted by molar-refractivity contribution is 7.92. The second-order valence-corrected chi connectivity index (χ2v) is 6.90. The molecule has 0 amide bonds. The lowest BCUT2D eigenvalue weighted by Crippen LogP contribution is -2.15. The minimum Gasteiger partial charge on any atom is -0.399 e. The van der Waals surface area contributed by atoms with Gasteiger partial charge in [-0.2, -0.15) is 0 Å². The fraction of sp³-hybridized carbons (Fsp3) is 0.250. The number of aromatic nitrogens is 1. The van der Waals surface area contributed by atoms with Gasteiger partial charge in [0, 0.05) is 16.6 Å². The number of halogens is 1. The first-order valence-electron chi connectivity index (χ1n) is 5.92. The van der Waals surface area contributed by atoms with E-state index in [0.717, 1.165) is 11.3 Å². The number of nitrogens with zero attached hydrogens (tertiary/aromatic N) is 1. The highest BCUT2D eigenvalue weighted by Gasteiger charge is 2.14. The summed E-state index contributed by atoms with van der Waals surface area (Å²) in [6, 6.07) is 4.29. The van der Waals surface area contributed by atoms with E-state index in [0.29, 0.717) is 17.8 Å². The molecule has 5 nitrogen and oxygen atoms in total. The predicted molar refractivity (Wildman–Crippen MR) is 79.6 cm³/mol. The van der Waals surface area contributed by atoms with E-state index in [1.54, 1.807) is 18.4 Å². The van der Waals surface area contributed by atoms with Crippen LogP contribution in [0.3, 0.4) is 0 Å². The lowest BCUT2D eigenvalue weighted by atomic mass is 10.1. The average molecular weight is 315 g/mol. The Morgan fingerprint density at radius 2 is 2.20 bits per heavy atom. The van der Waals surface area contributed by atoms with Crippen molar-refractivity contribution < 1.29 is 12.8 Å². The molecule has 8 heteroatoms. The van der Waals surface area contributed by atoms with Crippen LogP contribution in [0.5, 0.6) is 0 Å². The van der Waals surface area contributed by atoms with Crippen LogP contribution < -0.4 is 10.5 Å². The van der Waals surface area contributed by atoms with Gasteiger partial charge in [0.1, 0.15) is 5.82 Å². The minimum absolute atomic E-state index is 0.0259. The quantitative estimate of drug-likeness (QED) is 0.831. The third-order valence-corrected chi connectivity index (χ3v) is 4.83. The molecule has 0 fully saturated rings. The largest absolute Gasteiger partial charge is 0.399 e. The molecule has 3 N–H and O–H groups in total. The molecule has 0 unspecified atom stereocenters. The van der Waals surface area contributed by atoms with Crippen LogP contribution in [0.1, 0.15) is 13.3 Å². The van der Waals surface area contributed by atoms with Crippen LogP contribution in [0.15, 0.2) is 23.6 Å². The van der Waals surface area contributed by atoms with Crippen molar-refractivity contribution in [2.75, 3.05) is 16.2 Å². The Kier molecular flexibility index (Phi) is 4.24. The summed E-state index contributed by atoms with van der Waals surface area (Å²) in [7, 11) is -3.39. The van der Waals surface area contributed by atoms with E-state index in [9.17, 15) is 12.8 Å². The van der Waals surface area contributed by atoms with Gasteiger partial charge < -0.3 is 5.73 Å². The van der Waals surface area contributed by atoms with Gasteiger partial charge in [0.05, 0.1) is 11.4 Å². The third kappa shape index (κ3) is 3.45. The minimum atomic E-state index is -3.39. The average Bonchev–Trinajstić information content (AvgIpc) is 2.76. The Morgan fingerprint density at radius 1 is 1.45 bits per heavy atom. The Bertz CT molecular complexity index is 713. The fourth-order valence-corrected chi connectivity index (χ4v) is 3.71. The van der Waals surface area contributed by atoms with Gasteiger partial charge in [0.2, 0.25) is 10.0 Å². The number of sulfonamides is 1. The van der Waals surface area contributed by atoms with Crippen LogP contribution in [0.4, 0.5) is 15.2 Å². The Labute approximate surface area is 120 Å². The molecule has 2 rings (SSSR count). The van der Waals surface area contributed by atoms with E-state index < -0.39 is 15.8 Å². The molecule has 0 spiro atoms. The molecule has 0 aliphatic carbocycles. The maximum absolute atomic E-state index is 13.8. The predicted octanol–water partition coefficient (Wildman–Crippen LogP) is 2.68. The van der Waals surface area contributed by atoms with E-state index >= 15 is 0 Å². The van der Waals surface area contributed by atoms with Crippen LogP contribution in [-0.2, 0) is 10.0 Å². The molecule has 0 bridgehead atoms. The van der Waals surface area contributed by atoms with E-state index in [1.807, 2.05) is 0 Å². The summed E-state index contributed by atoms with van der Waals surface area (Å²) >= 11 is 1.11. The molecule has 0 saturated heterocycles. The van der Waals surface area contributed by atoms with E-state index in [2.05, 4.69) is 9.71 Å². The number of nitrogens with two attached hydrogens (primary N) is 1. The maximum atomic E-state index is 13.8. The van der Waals surface area contributed by atoms with Crippen LogP contribution in [-0.4, -0.2) is 19.2 Å². The van der Waals surface area contributed by atoms with E-state index in [-0.39, 0.29) is 16.4 Å². The van der Waals surface area contributed by atoms with Crippen LogP contribution in [0.2, 0.25) is 0 Å². The Morgan fingerprint density at radius 3 is 2.85 bits per heavy atom. The zero-order chi connectivity index (χ0) is 14.8. The molecule has 0 radical (unpaired) electrons. The van der Waals surface area contributed by atoms with Crippen LogP contribution >= 0.6 is 11.3 Å². The zero-order valence-electron chi connectivity index (χ0n) is 10.8. The van der Waals surface area contributed by atoms with Gasteiger partial charge in [-0.25, -0.2) is 17.8 Å². The molecule has 1 aromatic heterocycles. The smallest absolute Gasteiger partial charge is 0.234 e. The standard InChI is InChI=1S/C12H14FN3O2S2/c1-2-5-20(17,18)16-12-15-11(7-19-12)9-4-3-8(14)6-10(9)13/h3-4,6-7H,2,5,14H2,1H3,(H,15,16).